The molecule has 1 aromatic heterocycles. The first-order chi connectivity index (χ1) is 14.0. The van der Waals surface area contributed by atoms with Crippen LogP contribution in [0.15, 0.2) is 53.1 Å². The van der Waals surface area contributed by atoms with E-state index in [2.05, 4.69) is 24.0 Å². The summed E-state index contributed by atoms with van der Waals surface area (Å²) in [7, 11) is 0. The second-order valence-corrected chi connectivity index (χ2v) is 7.91. The molecule has 0 radical (unpaired) electrons. The summed E-state index contributed by atoms with van der Waals surface area (Å²) in [5, 5.41) is 4.64. The van der Waals surface area contributed by atoms with Crippen molar-refractivity contribution in [3.05, 3.63) is 65.0 Å². The minimum absolute atomic E-state index is 0.0192. The number of ether oxygens (including phenoxy) is 1. The summed E-state index contributed by atoms with van der Waals surface area (Å²) in [5.41, 5.74) is 2.04. The van der Waals surface area contributed by atoms with Gasteiger partial charge in [0.25, 0.3) is 5.91 Å². The topological polar surface area (TPSA) is 68.5 Å². The lowest BCUT2D eigenvalue weighted by Crippen LogP contribution is -2.50. The average Bonchev–Trinajstić information content (AvgIpc) is 3.15. The smallest absolute Gasteiger partial charge is 0.260 e. The van der Waals surface area contributed by atoms with E-state index in [-0.39, 0.29) is 18.4 Å². The van der Waals surface area contributed by atoms with Crippen molar-refractivity contribution < 1.29 is 14.1 Å². The first-order valence-electron chi connectivity index (χ1n) is 9.59. The fourth-order valence-electron chi connectivity index (χ4n) is 3.17. The maximum Gasteiger partial charge on any atom is 0.260 e. The van der Waals surface area contributed by atoms with Crippen LogP contribution in [0.4, 0.5) is 0 Å². The number of amides is 1. The van der Waals surface area contributed by atoms with Gasteiger partial charge in [0.05, 0.1) is 5.92 Å². The van der Waals surface area contributed by atoms with Gasteiger partial charge < -0.3 is 14.2 Å². The molecule has 1 aliphatic rings. The van der Waals surface area contributed by atoms with Crippen LogP contribution < -0.4 is 4.74 Å². The molecule has 0 saturated carbocycles. The average molecular weight is 412 g/mol. The minimum Gasteiger partial charge on any atom is -0.484 e. The molecule has 1 fully saturated rings. The summed E-state index contributed by atoms with van der Waals surface area (Å²) in [6, 6.07) is 15.2. The number of hydrogen-bond acceptors (Lipinski definition) is 5. The Morgan fingerprint density at radius 2 is 2.00 bits per heavy atom. The second-order valence-electron chi connectivity index (χ2n) is 7.47. The molecule has 1 aliphatic heterocycles. The van der Waals surface area contributed by atoms with Crippen molar-refractivity contribution in [3.63, 3.8) is 0 Å². The van der Waals surface area contributed by atoms with E-state index in [1.807, 2.05) is 36.4 Å². The molecular weight excluding hydrogens is 390 g/mol. The van der Waals surface area contributed by atoms with Gasteiger partial charge in [0, 0.05) is 23.7 Å². The van der Waals surface area contributed by atoms with Gasteiger partial charge in [-0.1, -0.05) is 54.9 Å². The van der Waals surface area contributed by atoms with Crippen LogP contribution in [0.25, 0.3) is 11.4 Å². The number of carbonyl (C=O) groups is 1. The molecule has 0 unspecified atom stereocenters. The van der Waals surface area contributed by atoms with Gasteiger partial charge in [-0.15, -0.1) is 0 Å². The molecule has 0 N–H and O–H groups in total. The highest BCUT2D eigenvalue weighted by Gasteiger charge is 2.35. The van der Waals surface area contributed by atoms with E-state index in [1.54, 1.807) is 17.0 Å². The van der Waals surface area contributed by atoms with Gasteiger partial charge in [-0.2, -0.15) is 4.98 Å². The molecule has 0 atom stereocenters. The largest absolute Gasteiger partial charge is 0.484 e. The molecule has 7 heteroatoms. The quantitative estimate of drug-likeness (QED) is 0.596. The Hall–Kier alpha value is -2.86. The predicted molar refractivity (Wildman–Crippen MR) is 110 cm³/mol. The number of benzene rings is 2. The third-order valence-corrected chi connectivity index (χ3v) is 5.25. The van der Waals surface area contributed by atoms with E-state index in [0.29, 0.717) is 41.5 Å². The van der Waals surface area contributed by atoms with Crippen molar-refractivity contribution in [2.45, 2.75) is 25.7 Å². The van der Waals surface area contributed by atoms with Gasteiger partial charge in [-0.25, -0.2) is 0 Å². The lowest BCUT2D eigenvalue weighted by atomic mass is 10.0. The molecule has 29 heavy (non-hydrogen) atoms. The second kappa shape index (κ2) is 8.25. The monoisotopic (exact) mass is 411 g/mol. The number of halogens is 1. The number of rotatable bonds is 6. The van der Waals surface area contributed by atoms with Gasteiger partial charge in [0.15, 0.2) is 6.61 Å². The normalized spacial score (nSPS) is 14.1. The van der Waals surface area contributed by atoms with Gasteiger partial charge in [0.2, 0.25) is 11.7 Å². The van der Waals surface area contributed by atoms with Crippen molar-refractivity contribution in [2.75, 3.05) is 19.7 Å². The number of carbonyl (C=O) groups excluding carboxylic acids is 1. The zero-order chi connectivity index (χ0) is 20.4. The SMILES string of the molecule is CC(C)c1ccc(OCC(=O)N2CC(c3nc(-c4cccc(Cl)c4)no3)C2)cc1. The van der Waals surface area contributed by atoms with Crippen molar-refractivity contribution >= 4 is 17.5 Å². The van der Waals surface area contributed by atoms with E-state index >= 15 is 0 Å². The van der Waals surface area contributed by atoms with E-state index in [0.717, 1.165) is 5.56 Å². The molecule has 0 aliphatic carbocycles. The Labute approximate surface area is 174 Å². The van der Waals surface area contributed by atoms with Crippen molar-refractivity contribution in [1.29, 1.82) is 0 Å². The summed E-state index contributed by atoms with van der Waals surface area (Å²) in [5.74, 6) is 2.19. The van der Waals surface area contributed by atoms with Crippen LogP contribution in [0.3, 0.4) is 0 Å². The van der Waals surface area contributed by atoms with E-state index < -0.39 is 0 Å². The van der Waals surface area contributed by atoms with Crippen LogP contribution in [0.5, 0.6) is 5.75 Å². The summed E-state index contributed by atoms with van der Waals surface area (Å²) in [6.07, 6.45) is 0. The van der Waals surface area contributed by atoms with Gasteiger partial charge in [-0.3, -0.25) is 4.79 Å². The highest BCUT2D eigenvalue weighted by atomic mass is 35.5. The molecule has 1 amide bonds. The van der Waals surface area contributed by atoms with Gasteiger partial charge in [0.1, 0.15) is 5.75 Å². The highest BCUT2D eigenvalue weighted by Crippen LogP contribution is 2.28. The molecule has 1 saturated heterocycles. The van der Waals surface area contributed by atoms with E-state index in [4.69, 9.17) is 20.9 Å². The summed E-state index contributed by atoms with van der Waals surface area (Å²) >= 11 is 6.01. The Bertz CT molecular complexity index is 995. The standard InChI is InChI=1S/C22H22ClN3O3/c1-14(2)15-6-8-19(9-7-15)28-13-20(27)26-11-17(12-26)22-24-21(25-29-22)16-4-3-5-18(23)10-16/h3-10,14,17H,11-13H2,1-2H3. The van der Waals surface area contributed by atoms with Crippen LogP contribution in [0.2, 0.25) is 5.02 Å². The Kier molecular flexibility index (Phi) is 5.53. The van der Waals surface area contributed by atoms with Crippen LogP contribution >= 0.6 is 11.6 Å². The van der Waals surface area contributed by atoms with E-state index in [1.165, 1.54) is 5.56 Å². The molecule has 2 heterocycles. The Morgan fingerprint density at radius 3 is 2.69 bits per heavy atom. The van der Waals surface area contributed by atoms with Crippen molar-refractivity contribution in [3.8, 4) is 17.1 Å². The fourth-order valence-corrected chi connectivity index (χ4v) is 3.36. The lowest BCUT2D eigenvalue weighted by molar-refractivity contribution is -0.138. The molecule has 150 valence electrons. The predicted octanol–water partition coefficient (Wildman–Crippen LogP) is 4.52. The molecule has 3 aromatic rings. The third-order valence-electron chi connectivity index (χ3n) is 5.02. The maximum absolute atomic E-state index is 12.3. The Morgan fingerprint density at radius 1 is 1.24 bits per heavy atom. The molecule has 2 aromatic carbocycles. The lowest BCUT2D eigenvalue weighted by Gasteiger charge is -2.36. The zero-order valence-corrected chi connectivity index (χ0v) is 17.1. The zero-order valence-electron chi connectivity index (χ0n) is 16.3. The summed E-state index contributed by atoms with van der Waals surface area (Å²) in [6.45, 7) is 5.39. The highest BCUT2D eigenvalue weighted by molar-refractivity contribution is 6.30. The van der Waals surface area contributed by atoms with Gasteiger partial charge >= 0.3 is 0 Å². The first kappa shape index (κ1) is 19.5. The molecule has 0 spiro atoms. The minimum atomic E-state index is -0.0521. The molecule has 4 rings (SSSR count). The molecule has 6 nitrogen and oxygen atoms in total. The third kappa shape index (κ3) is 4.43. The van der Waals surface area contributed by atoms with Gasteiger partial charge in [-0.05, 0) is 35.7 Å². The van der Waals surface area contributed by atoms with E-state index in [9.17, 15) is 4.79 Å². The Balaban J connectivity index is 1.28. The van der Waals surface area contributed by atoms with Crippen molar-refractivity contribution in [1.82, 2.24) is 15.0 Å². The summed E-state index contributed by atoms with van der Waals surface area (Å²) < 4.78 is 11.0. The maximum atomic E-state index is 12.3. The van der Waals surface area contributed by atoms with Crippen LogP contribution in [-0.2, 0) is 4.79 Å². The molecule has 0 bridgehead atoms. The van der Waals surface area contributed by atoms with Crippen LogP contribution in [0, 0.1) is 0 Å². The first-order valence-corrected chi connectivity index (χ1v) is 9.97. The van der Waals surface area contributed by atoms with Crippen LogP contribution in [-0.4, -0.2) is 40.6 Å². The number of aromatic nitrogens is 2. The van der Waals surface area contributed by atoms with Crippen LogP contribution in [0.1, 0.15) is 37.1 Å². The van der Waals surface area contributed by atoms with Crippen molar-refractivity contribution in [2.24, 2.45) is 0 Å². The summed E-state index contributed by atoms with van der Waals surface area (Å²) in [4.78, 5) is 18.5. The molecular formula is C22H22ClN3O3. The number of likely N-dealkylation sites (tertiary alicyclic amines) is 1. The number of nitrogens with zero attached hydrogens (tertiary/aromatic N) is 3. The fraction of sp³-hybridized carbons (Fsp3) is 0.318. The number of hydrogen-bond donors (Lipinski definition) is 0.